The van der Waals surface area contributed by atoms with E-state index in [2.05, 4.69) is 15.0 Å². The van der Waals surface area contributed by atoms with Gasteiger partial charge in [0.15, 0.2) is 5.82 Å². The highest BCUT2D eigenvalue weighted by Crippen LogP contribution is 2.17. The lowest BCUT2D eigenvalue weighted by Crippen LogP contribution is -2.49. The normalized spacial score (nSPS) is 15.1. The average molecular weight is 344 g/mol. The van der Waals surface area contributed by atoms with E-state index in [1.807, 2.05) is 4.90 Å². The molecule has 7 nitrogen and oxygen atoms in total. The Morgan fingerprint density at radius 3 is 2.60 bits per heavy atom. The highest BCUT2D eigenvalue weighted by Gasteiger charge is 2.22. The van der Waals surface area contributed by atoms with Crippen molar-refractivity contribution in [1.29, 1.82) is 0 Å². The SMILES string of the molecule is CN=Cc1cn(CC(=O)N2CCN(c3ccc(F)cc3)CC2)nc1N. The van der Waals surface area contributed by atoms with Gasteiger partial charge in [0.1, 0.15) is 12.4 Å². The minimum atomic E-state index is -0.247. The van der Waals surface area contributed by atoms with Crippen molar-refractivity contribution in [2.75, 3.05) is 43.9 Å². The smallest absolute Gasteiger partial charge is 0.244 e. The van der Waals surface area contributed by atoms with E-state index in [1.165, 1.54) is 12.1 Å². The molecule has 25 heavy (non-hydrogen) atoms. The molecule has 0 bridgehead atoms. The highest BCUT2D eigenvalue weighted by atomic mass is 19.1. The predicted octanol–water partition coefficient (Wildman–Crippen LogP) is 1.00. The number of nitrogen functional groups attached to an aromatic ring is 1. The Labute approximate surface area is 145 Å². The van der Waals surface area contributed by atoms with Gasteiger partial charge in [-0.1, -0.05) is 0 Å². The van der Waals surface area contributed by atoms with E-state index < -0.39 is 0 Å². The number of carbonyl (C=O) groups is 1. The van der Waals surface area contributed by atoms with Crippen LogP contribution in [0.3, 0.4) is 0 Å². The lowest BCUT2D eigenvalue weighted by molar-refractivity contribution is -0.132. The first kappa shape index (κ1) is 16.9. The van der Waals surface area contributed by atoms with Crippen LogP contribution in [-0.2, 0) is 11.3 Å². The van der Waals surface area contributed by atoms with E-state index in [4.69, 9.17) is 5.73 Å². The van der Waals surface area contributed by atoms with Crippen LogP contribution in [0, 0.1) is 5.82 Å². The number of halogens is 1. The Morgan fingerprint density at radius 1 is 1.28 bits per heavy atom. The van der Waals surface area contributed by atoms with Gasteiger partial charge in [-0.15, -0.1) is 0 Å². The Kier molecular flexibility index (Phi) is 4.97. The summed E-state index contributed by atoms with van der Waals surface area (Å²) in [6.45, 7) is 2.82. The minimum Gasteiger partial charge on any atom is -0.382 e. The summed E-state index contributed by atoms with van der Waals surface area (Å²) < 4.78 is 14.6. The fraction of sp³-hybridized carbons (Fsp3) is 0.353. The van der Waals surface area contributed by atoms with Crippen LogP contribution in [0.15, 0.2) is 35.5 Å². The maximum absolute atomic E-state index is 13.0. The molecule has 1 fully saturated rings. The van der Waals surface area contributed by atoms with Crippen molar-refractivity contribution >= 4 is 23.6 Å². The highest BCUT2D eigenvalue weighted by molar-refractivity contribution is 5.85. The maximum atomic E-state index is 13.0. The number of carbonyl (C=O) groups excluding carboxylic acids is 1. The van der Waals surface area contributed by atoms with E-state index in [0.717, 1.165) is 5.69 Å². The van der Waals surface area contributed by atoms with Gasteiger partial charge in [-0.25, -0.2) is 4.39 Å². The first-order valence-electron chi connectivity index (χ1n) is 8.10. The average Bonchev–Trinajstić information content (AvgIpc) is 2.95. The van der Waals surface area contributed by atoms with Crippen LogP contribution in [0.25, 0.3) is 0 Å². The van der Waals surface area contributed by atoms with Crippen LogP contribution >= 0.6 is 0 Å². The summed E-state index contributed by atoms with van der Waals surface area (Å²) in [7, 11) is 1.66. The van der Waals surface area contributed by atoms with Crippen LogP contribution in [0.1, 0.15) is 5.56 Å². The Morgan fingerprint density at radius 2 is 1.96 bits per heavy atom. The number of aromatic nitrogens is 2. The molecule has 2 N–H and O–H groups in total. The fourth-order valence-corrected chi connectivity index (χ4v) is 2.88. The number of nitrogens with zero attached hydrogens (tertiary/aromatic N) is 5. The molecule has 1 amide bonds. The molecule has 1 aromatic heterocycles. The topological polar surface area (TPSA) is 79.8 Å². The van der Waals surface area contributed by atoms with E-state index in [0.29, 0.717) is 37.6 Å². The number of hydrogen-bond donors (Lipinski definition) is 1. The number of anilines is 2. The number of hydrogen-bond acceptors (Lipinski definition) is 5. The van der Waals surface area contributed by atoms with Gasteiger partial charge in [0.25, 0.3) is 0 Å². The first-order valence-corrected chi connectivity index (χ1v) is 8.10. The lowest BCUT2D eigenvalue weighted by atomic mass is 10.2. The van der Waals surface area contributed by atoms with Crippen molar-refractivity contribution in [3.63, 3.8) is 0 Å². The van der Waals surface area contributed by atoms with Crippen molar-refractivity contribution in [1.82, 2.24) is 14.7 Å². The third-order valence-corrected chi connectivity index (χ3v) is 4.21. The summed E-state index contributed by atoms with van der Waals surface area (Å²) in [4.78, 5) is 20.3. The quantitative estimate of drug-likeness (QED) is 0.839. The molecule has 2 heterocycles. The number of benzene rings is 1. The molecule has 8 heteroatoms. The fourth-order valence-electron chi connectivity index (χ4n) is 2.88. The van der Waals surface area contributed by atoms with Crippen molar-refractivity contribution in [3.8, 4) is 0 Å². The van der Waals surface area contributed by atoms with Gasteiger partial charge < -0.3 is 15.5 Å². The predicted molar refractivity (Wildman–Crippen MR) is 95.4 cm³/mol. The molecule has 0 saturated carbocycles. The van der Waals surface area contributed by atoms with Crippen LogP contribution in [-0.4, -0.2) is 60.0 Å². The van der Waals surface area contributed by atoms with Gasteiger partial charge in [0, 0.05) is 51.3 Å². The number of aliphatic imine (C=N–C) groups is 1. The molecule has 0 spiro atoms. The molecule has 1 aliphatic heterocycles. The lowest BCUT2D eigenvalue weighted by Gasteiger charge is -2.36. The molecular weight excluding hydrogens is 323 g/mol. The summed E-state index contributed by atoms with van der Waals surface area (Å²) >= 11 is 0. The molecule has 0 unspecified atom stereocenters. The van der Waals surface area contributed by atoms with Crippen molar-refractivity contribution in [2.24, 2.45) is 4.99 Å². The van der Waals surface area contributed by atoms with E-state index in [9.17, 15) is 9.18 Å². The molecule has 1 aliphatic rings. The van der Waals surface area contributed by atoms with Gasteiger partial charge in [0.2, 0.25) is 5.91 Å². The third kappa shape index (κ3) is 3.96. The largest absolute Gasteiger partial charge is 0.382 e. The summed E-state index contributed by atoms with van der Waals surface area (Å²) in [6, 6.07) is 6.42. The molecule has 1 aromatic carbocycles. The van der Waals surface area contributed by atoms with Gasteiger partial charge in [-0.05, 0) is 24.3 Å². The molecule has 0 aliphatic carbocycles. The second kappa shape index (κ2) is 7.33. The third-order valence-electron chi connectivity index (χ3n) is 4.21. The number of amides is 1. The van der Waals surface area contributed by atoms with Crippen molar-refractivity contribution in [3.05, 3.63) is 41.8 Å². The Balaban J connectivity index is 1.56. The van der Waals surface area contributed by atoms with Crippen LogP contribution in [0.4, 0.5) is 15.9 Å². The standard InChI is InChI=1S/C17H21FN6O/c1-20-10-13-11-24(21-17(13)19)12-16(25)23-8-6-22(7-9-23)15-4-2-14(18)3-5-15/h2-5,10-11H,6-9,12H2,1H3,(H2,19,21). The van der Waals surface area contributed by atoms with Crippen LogP contribution < -0.4 is 10.6 Å². The van der Waals surface area contributed by atoms with Gasteiger partial charge in [-0.2, -0.15) is 5.10 Å². The number of piperazine rings is 1. The molecule has 2 aromatic rings. The van der Waals surface area contributed by atoms with E-state index >= 15 is 0 Å². The Hall–Kier alpha value is -2.90. The maximum Gasteiger partial charge on any atom is 0.244 e. The van der Waals surface area contributed by atoms with Crippen LogP contribution in [0.5, 0.6) is 0 Å². The van der Waals surface area contributed by atoms with Gasteiger partial charge in [-0.3, -0.25) is 14.5 Å². The zero-order valence-electron chi connectivity index (χ0n) is 14.1. The summed E-state index contributed by atoms with van der Waals surface area (Å²) in [5.41, 5.74) is 7.47. The molecule has 132 valence electrons. The second-order valence-electron chi connectivity index (χ2n) is 5.90. The second-order valence-corrected chi connectivity index (χ2v) is 5.90. The van der Waals surface area contributed by atoms with Gasteiger partial charge in [0.05, 0.1) is 5.56 Å². The summed E-state index contributed by atoms with van der Waals surface area (Å²) in [5, 5.41) is 4.14. The summed E-state index contributed by atoms with van der Waals surface area (Å²) in [5.74, 6) is 0.115. The summed E-state index contributed by atoms with van der Waals surface area (Å²) in [6.07, 6.45) is 3.33. The number of rotatable bonds is 4. The van der Waals surface area contributed by atoms with Crippen molar-refractivity contribution in [2.45, 2.75) is 6.54 Å². The molecule has 3 rings (SSSR count). The molecular formula is C17H21FN6O. The molecule has 0 atom stereocenters. The van der Waals surface area contributed by atoms with Crippen molar-refractivity contribution < 1.29 is 9.18 Å². The molecule has 1 saturated heterocycles. The van der Waals surface area contributed by atoms with Gasteiger partial charge >= 0.3 is 0 Å². The molecule has 0 radical (unpaired) electrons. The first-order chi connectivity index (χ1) is 12.1. The van der Waals surface area contributed by atoms with Crippen LogP contribution in [0.2, 0.25) is 0 Å². The zero-order chi connectivity index (χ0) is 17.8. The number of nitrogens with two attached hydrogens (primary N) is 1. The monoisotopic (exact) mass is 344 g/mol. The minimum absolute atomic E-state index is 0.00115. The zero-order valence-corrected chi connectivity index (χ0v) is 14.1. The Bertz CT molecular complexity index is 762. The van der Waals surface area contributed by atoms with E-state index in [-0.39, 0.29) is 18.3 Å². The van der Waals surface area contributed by atoms with E-state index in [1.54, 1.807) is 36.3 Å².